The molecule has 0 aliphatic heterocycles. The van der Waals surface area contributed by atoms with E-state index in [0.29, 0.717) is 32.8 Å². The lowest BCUT2D eigenvalue weighted by Gasteiger charge is -2.25. The SMILES string of the molecule is N#Cc1ccc(CC(=O)Nc2nnc([C@@H]3CCC[C@@H](c4nnc(NC(=O)Cc5ccc(C#N)cn5)s4)C3)s2)nc1. The predicted molar refractivity (Wildman–Crippen MR) is 146 cm³/mol. The Balaban J connectivity index is 1.14. The Morgan fingerprint density at radius 2 is 1.25 bits per heavy atom. The Kier molecular flexibility index (Phi) is 8.39. The van der Waals surface area contributed by atoms with Crippen molar-refractivity contribution in [3.63, 3.8) is 0 Å². The molecule has 2 N–H and O–H groups in total. The molecular formula is C26H22N10O2S2. The van der Waals surface area contributed by atoms with Crippen molar-refractivity contribution in [2.45, 2.75) is 50.4 Å². The molecule has 0 bridgehead atoms. The van der Waals surface area contributed by atoms with E-state index in [2.05, 4.69) is 41.0 Å². The molecule has 200 valence electrons. The summed E-state index contributed by atoms with van der Waals surface area (Å²) in [6, 6.07) is 10.6. The van der Waals surface area contributed by atoms with Gasteiger partial charge in [-0.15, -0.1) is 20.4 Å². The third-order valence-corrected chi connectivity index (χ3v) is 8.34. The third kappa shape index (κ3) is 6.85. The van der Waals surface area contributed by atoms with E-state index < -0.39 is 0 Å². The van der Waals surface area contributed by atoms with Crippen molar-refractivity contribution in [3.05, 3.63) is 69.2 Å². The van der Waals surface area contributed by atoms with Crippen molar-refractivity contribution in [1.29, 1.82) is 10.5 Å². The highest BCUT2D eigenvalue weighted by molar-refractivity contribution is 7.15. The number of nitriles is 2. The molecule has 1 aliphatic carbocycles. The minimum Gasteiger partial charge on any atom is -0.300 e. The van der Waals surface area contributed by atoms with E-state index in [-0.39, 0.29) is 36.5 Å². The molecule has 14 heteroatoms. The number of hydrogen-bond donors (Lipinski definition) is 2. The summed E-state index contributed by atoms with van der Waals surface area (Å²) in [5.74, 6) is -0.127. The largest absolute Gasteiger partial charge is 0.300 e. The van der Waals surface area contributed by atoms with Gasteiger partial charge in [0.05, 0.1) is 24.0 Å². The monoisotopic (exact) mass is 570 g/mol. The Hall–Kier alpha value is -4.66. The zero-order valence-electron chi connectivity index (χ0n) is 21.1. The van der Waals surface area contributed by atoms with Gasteiger partial charge < -0.3 is 10.6 Å². The molecule has 2 amide bonds. The lowest BCUT2D eigenvalue weighted by Crippen LogP contribution is -2.15. The van der Waals surface area contributed by atoms with Gasteiger partial charge in [-0.25, -0.2) is 0 Å². The molecule has 40 heavy (non-hydrogen) atoms. The van der Waals surface area contributed by atoms with Crippen LogP contribution < -0.4 is 10.6 Å². The van der Waals surface area contributed by atoms with Crippen LogP contribution in [0.25, 0.3) is 0 Å². The first-order valence-corrected chi connectivity index (χ1v) is 14.1. The predicted octanol–water partition coefficient (Wildman–Crippen LogP) is 3.73. The van der Waals surface area contributed by atoms with E-state index in [1.165, 1.54) is 35.1 Å². The second-order valence-electron chi connectivity index (χ2n) is 9.20. The number of hydrogen-bond acceptors (Lipinski definition) is 12. The average molecular weight is 571 g/mol. The maximum atomic E-state index is 12.4. The number of anilines is 2. The maximum absolute atomic E-state index is 12.4. The normalized spacial score (nSPS) is 16.4. The first-order chi connectivity index (χ1) is 19.5. The molecule has 0 unspecified atom stereocenters. The highest BCUT2D eigenvalue weighted by Crippen LogP contribution is 2.43. The van der Waals surface area contributed by atoms with Gasteiger partial charge in [0.1, 0.15) is 22.2 Å². The Labute approximate surface area is 237 Å². The van der Waals surface area contributed by atoms with Crippen molar-refractivity contribution in [2.24, 2.45) is 0 Å². The summed E-state index contributed by atoms with van der Waals surface area (Å²) in [6.07, 6.45) is 6.78. The van der Waals surface area contributed by atoms with Gasteiger partial charge in [-0.3, -0.25) is 19.6 Å². The van der Waals surface area contributed by atoms with Crippen LogP contribution in [-0.4, -0.2) is 42.2 Å². The summed E-state index contributed by atoms with van der Waals surface area (Å²) < 4.78 is 0. The summed E-state index contributed by atoms with van der Waals surface area (Å²) in [6.45, 7) is 0. The third-order valence-electron chi connectivity index (χ3n) is 6.34. The van der Waals surface area contributed by atoms with Gasteiger partial charge in [-0.05, 0) is 43.5 Å². The molecule has 4 aromatic heterocycles. The van der Waals surface area contributed by atoms with Crippen LogP contribution in [0.3, 0.4) is 0 Å². The van der Waals surface area contributed by atoms with Crippen molar-refractivity contribution in [3.8, 4) is 12.1 Å². The van der Waals surface area contributed by atoms with E-state index in [4.69, 9.17) is 10.5 Å². The Morgan fingerprint density at radius 3 is 1.65 bits per heavy atom. The van der Waals surface area contributed by atoms with Gasteiger partial charge in [-0.1, -0.05) is 29.1 Å². The smallest absolute Gasteiger partial charge is 0.232 e. The molecule has 5 rings (SSSR count). The summed E-state index contributed by atoms with van der Waals surface area (Å²) in [7, 11) is 0. The summed E-state index contributed by atoms with van der Waals surface area (Å²) in [5.41, 5.74) is 2.01. The zero-order chi connectivity index (χ0) is 27.9. The van der Waals surface area contributed by atoms with Crippen LogP contribution in [0.5, 0.6) is 0 Å². The minimum atomic E-state index is -0.250. The van der Waals surface area contributed by atoms with Crippen LogP contribution in [0.1, 0.15) is 70.0 Å². The van der Waals surface area contributed by atoms with E-state index in [1.54, 1.807) is 24.3 Å². The molecule has 1 fully saturated rings. The van der Waals surface area contributed by atoms with Crippen LogP contribution in [0.4, 0.5) is 10.3 Å². The Morgan fingerprint density at radius 1 is 0.775 bits per heavy atom. The zero-order valence-corrected chi connectivity index (χ0v) is 22.7. The quantitative estimate of drug-likeness (QED) is 0.316. The van der Waals surface area contributed by atoms with Crippen molar-refractivity contribution < 1.29 is 9.59 Å². The van der Waals surface area contributed by atoms with Crippen molar-refractivity contribution >= 4 is 44.8 Å². The molecule has 12 nitrogen and oxygen atoms in total. The van der Waals surface area contributed by atoms with E-state index in [0.717, 1.165) is 35.7 Å². The second kappa shape index (κ2) is 12.5. The standard InChI is InChI=1S/C26H22N10O2S2/c27-11-15-4-6-19(29-13-15)9-21(37)31-25-35-33-23(39-25)17-2-1-3-18(8-17)24-34-36-26(40-24)32-22(38)10-20-7-5-16(12-28)14-30-20/h4-7,13-14,17-18H,1-3,8-10H2,(H,31,35,37)(H,32,36,38)/t17-,18-/m1/s1. The number of nitrogens with one attached hydrogen (secondary N) is 2. The molecule has 0 radical (unpaired) electrons. The lowest BCUT2D eigenvalue weighted by molar-refractivity contribution is -0.116. The number of carbonyl (C=O) groups excluding carboxylic acids is 2. The highest BCUT2D eigenvalue weighted by Gasteiger charge is 2.29. The fourth-order valence-corrected chi connectivity index (χ4v) is 6.20. The molecule has 0 aromatic carbocycles. The van der Waals surface area contributed by atoms with Crippen LogP contribution >= 0.6 is 22.7 Å². The van der Waals surface area contributed by atoms with Gasteiger partial charge in [-0.2, -0.15) is 10.5 Å². The van der Waals surface area contributed by atoms with Crippen LogP contribution in [0.15, 0.2) is 36.7 Å². The van der Waals surface area contributed by atoms with E-state index >= 15 is 0 Å². The first kappa shape index (κ1) is 26.9. The van der Waals surface area contributed by atoms with Crippen molar-refractivity contribution in [1.82, 2.24) is 30.4 Å². The maximum Gasteiger partial charge on any atom is 0.232 e. The van der Waals surface area contributed by atoms with Crippen LogP contribution in [0, 0.1) is 22.7 Å². The van der Waals surface area contributed by atoms with Gasteiger partial charge in [0.2, 0.25) is 22.1 Å². The number of carbonyl (C=O) groups is 2. The molecule has 1 aliphatic rings. The fourth-order valence-electron chi connectivity index (χ4n) is 4.38. The number of pyridine rings is 2. The topological polar surface area (TPSA) is 183 Å². The molecular weight excluding hydrogens is 548 g/mol. The summed E-state index contributed by atoms with van der Waals surface area (Å²) >= 11 is 2.73. The summed E-state index contributed by atoms with van der Waals surface area (Å²) in [5, 5.41) is 42.9. The molecule has 4 heterocycles. The molecule has 1 saturated carbocycles. The molecule has 0 saturated heterocycles. The Bertz CT molecular complexity index is 1470. The minimum absolute atomic E-state index is 0.0754. The summed E-state index contributed by atoms with van der Waals surface area (Å²) in [4.78, 5) is 33.1. The lowest BCUT2D eigenvalue weighted by atomic mass is 9.82. The van der Waals surface area contributed by atoms with Gasteiger partial charge in [0, 0.05) is 35.6 Å². The number of aromatic nitrogens is 6. The molecule has 4 aromatic rings. The average Bonchev–Trinajstić information content (AvgIpc) is 3.64. The number of amides is 2. The second-order valence-corrected chi connectivity index (χ2v) is 11.2. The van der Waals surface area contributed by atoms with E-state index in [1.807, 2.05) is 12.1 Å². The highest BCUT2D eigenvalue weighted by atomic mass is 32.1. The first-order valence-electron chi connectivity index (χ1n) is 12.5. The van der Waals surface area contributed by atoms with E-state index in [9.17, 15) is 9.59 Å². The molecule has 2 atom stereocenters. The molecule has 0 spiro atoms. The van der Waals surface area contributed by atoms with Crippen LogP contribution in [0.2, 0.25) is 0 Å². The van der Waals surface area contributed by atoms with Crippen molar-refractivity contribution in [2.75, 3.05) is 10.6 Å². The fraction of sp³-hybridized carbons (Fsp3) is 0.308. The van der Waals surface area contributed by atoms with Gasteiger partial charge in [0.15, 0.2) is 0 Å². The van der Waals surface area contributed by atoms with Gasteiger partial charge in [0.25, 0.3) is 0 Å². The van der Waals surface area contributed by atoms with Gasteiger partial charge >= 0.3 is 0 Å². The number of rotatable bonds is 8. The number of nitrogens with zero attached hydrogens (tertiary/aromatic N) is 8. The van der Waals surface area contributed by atoms with Crippen LogP contribution in [-0.2, 0) is 22.4 Å².